The number of hydrogen-bond donors (Lipinski definition) is 0. The molecule has 0 bridgehead atoms. The van der Waals surface area contributed by atoms with Gasteiger partial charge in [0.1, 0.15) is 11.8 Å². The van der Waals surface area contributed by atoms with E-state index >= 15 is 0 Å². The van der Waals surface area contributed by atoms with Crippen LogP contribution in [0.4, 0.5) is 5.69 Å². The molecule has 18 heavy (non-hydrogen) atoms. The van der Waals surface area contributed by atoms with Crippen LogP contribution >= 0.6 is 11.8 Å². The summed E-state index contributed by atoms with van der Waals surface area (Å²) in [7, 11) is -4.77. The molecule has 0 radical (unpaired) electrons. The Morgan fingerprint density at radius 1 is 1.28 bits per heavy atom. The van der Waals surface area contributed by atoms with Crippen LogP contribution in [0.25, 0.3) is 0 Å². The van der Waals surface area contributed by atoms with Gasteiger partial charge >= 0.3 is 10.0 Å². The minimum Gasteiger partial charge on any atom is -0.258 e. The molecule has 0 aliphatic heterocycles. The average Bonchev–Trinajstić information content (AvgIpc) is 2.27. The molecule has 0 N–H and O–H groups in total. The van der Waals surface area contributed by atoms with Crippen LogP contribution in [-0.4, -0.2) is 22.3 Å². The lowest BCUT2D eigenvalue weighted by molar-refractivity contribution is -0.588. The van der Waals surface area contributed by atoms with Crippen molar-refractivity contribution in [1.82, 2.24) is 3.93 Å². The highest BCUT2D eigenvalue weighted by atomic mass is 35.5. The van der Waals surface area contributed by atoms with Gasteiger partial charge in [0.25, 0.3) is 5.69 Å². The Kier molecular flexibility index (Phi) is 3.72. The second-order valence-electron chi connectivity index (χ2n) is 3.17. The first-order valence-corrected chi connectivity index (χ1v) is 6.06. The van der Waals surface area contributed by atoms with Gasteiger partial charge in [-0.25, -0.2) is 10.1 Å². The Morgan fingerprint density at radius 3 is 2.28 bits per heavy atom. The molecule has 9 nitrogen and oxygen atoms in total. The second-order valence-corrected chi connectivity index (χ2v) is 5.42. The Labute approximate surface area is 106 Å². The van der Waals surface area contributed by atoms with E-state index in [1.807, 2.05) is 0 Å². The van der Waals surface area contributed by atoms with E-state index in [9.17, 15) is 28.6 Å². The predicted molar refractivity (Wildman–Crippen MR) is 59.7 cm³/mol. The molecule has 1 aromatic carbocycles. The average molecular weight is 296 g/mol. The first kappa shape index (κ1) is 14.1. The molecule has 1 aromatic rings. The largest absolute Gasteiger partial charge is 0.337 e. The normalized spacial score (nSPS) is 11.0. The Morgan fingerprint density at radius 2 is 1.83 bits per heavy atom. The zero-order valence-electron chi connectivity index (χ0n) is 8.81. The first-order chi connectivity index (χ1) is 8.17. The van der Waals surface area contributed by atoms with Crippen molar-refractivity contribution in [3.05, 3.63) is 44.0 Å². The first-order valence-electron chi connectivity index (χ1n) is 4.28. The van der Waals surface area contributed by atoms with Gasteiger partial charge in [0, 0.05) is 6.07 Å². The highest BCUT2D eigenvalue weighted by Gasteiger charge is 2.37. The molecule has 0 spiro atoms. The Bertz CT molecular complexity index is 616. The summed E-state index contributed by atoms with van der Waals surface area (Å²) in [4.78, 5) is 19.2. The highest BCUT2D eigenvalue weighted by Crippen LogP contribution is 2.28. The Hall–Kier alpha value is -1.94. The fraction of sp³-hybridized carbons (Fsp3) is 0.143. The standard InChI is InChI=1S/C7H6ClN3O6S/c1-5-2-3-7(6(4-5)9(12)13)18(16,17)10(8)11(14)15/h2-4H,1H3. The van der Waals surface area contributed by atoms with Crippen molar-refractivity contribution in [2.24, 2.45) is 0 Å². The summed E-state index contributed by atoms with van der Waals surface area (Å²) in [6.07, 6.45) is 0. The number of halogens is 1. The number of nitrogens with zero attached hydrogens (tertiary/aromatic N) is 3. The van der Waals surface area contributed by atoms with E-state index in [0.29, 0.717) is 5.56 Å². The molecule has 0 saturated heterocycles. The summed E-state index contributed by atoms with van der Waals surface area (Å²) in [5.74, 6) is 0. The fourth-order valence-corrected chi connectivity index (χ4v) is 2.36. The number of nitro benzene ring substituents is 1. The maximum absolute atomic E-state index is 11.7. The number of hydrogen-bond acceptors (Lipinski definition) is 6. The van der Waals surface area contributed by atoms with Crippen molar-refractivity contribution in [2.45, 2.75) is 11.8 Å². The van der Waals surface area contributed by atoms with Crippen molar-refractivity contribution in [3.8, 4) is 0 Å². The topological polar surface area (TPSA) is 124 Å². The van der Waals surface area contributed by atoms with Crippen LogP contribution in [-0.2, 0) is 10.0 Å². The molecule has 0 aliphatic rings. The summed E-state index contributed by atoms with van der Waals surface area (Å²) in [6.45, 7) is 1.51. The monoisotopic (exact) mass is 295 g/mol. The summed E-state index contributed by atoms with van der Waals surface area (Å²) < 4.78 is 22.6. The molecule has 1 rings (SSSR count). The van der Waals surface area contributed by atoms with Crippen LogP contribution in [0.5, 0.6) is 0 Å². The van der Waals surface area contributed by atoms with Crippen LogP contribution in [0.3, 0.4) is 0 Å². The summed E-state index contributed by atoms with van der Waals surface area (Å²) in [6, 6.07) is 3.14. The number of rotatable bonds is 4. The van der Waals surface area contributed by atoms with Crippen molar-refractivity contribution >= 4 is 27.5 Å². The molecule has 0 saturated carbocycles. The van der Waals surface area contributed by atoms with Crippen molar-refractivity contribution in [3.63, 3.8) is 0 Å². The molecule has 0 fully saturated rings. The maximum Gasteiger partial charge on any atom is 0.337 e. The van der Waals surface area contributed by atoms with E-state index < -0.39 is 34.5 Å². The van der Waals surface area contributed by atoms with Gasteiger partial charge in [0.2, 0.25) is 0 Å². The lowest BCUT2D eigenvalue weighted by Crippen LogP contribution is -2.28. The molecular weight excluding hydrogens is 290 g/mol. The molecule has 0 amide bonds. The van der Waals surface area contributed by atoms with E-state index in [-0.39, 0.29) is 0 Å². The van der Waals surface area contributed by atoms with Gasteiger partial charge in [-0.15, -0.1) is 0 Å². The number of sulfonamides is 1. The van der Waals surface area contributed by atoms with E-state index in [0.717, 1.165) is 12.1 Å². The third kappa shape index (κ3) is 2.49. The minimum absolute atomic E-state index is 0.433. The van der Waals surface area contributed by atoms with E-state index in [2.05, 4.69) is 0 Å². The van der Waals surface area contributed by atoms with Gasteiger partial charge in [0.05, 0.1) is 8.86 Å². The summed E-state index contributed by atoms with van der Waals surface area (Å²) in [5, 5.41) is 19.6. The van der Waals surface area contributed by atoms with Crippen LogP contribution in [0.15, 0.2) is 23.1 Å². The quantitative estimate of drug-likeness (QED) is 0.467. The van der Waals surface area contributed by atoms with Crippen molar-refractivity contribution < 1.29 is 18.4 Å². The third-order valence-electron chi connectivity index (χ3n) is 1.92. The molecule has 0 aromatic heterocycles. The molecular formula is C7H6ClN3O6S. The van der Waals surface area contributed by atoms with Crippen LogP contribution < -0.4 is 0 Å². The number of hydrazine groups is 1. The minimum atomic E-state index is -4.77. The number of nitro groups is 2. The van der Waals surface area contributed by atoms with Gasteiger partial charge in [-0.05, 0) is 18.6 Å². The lowest BCUT2D eigenvalue weighted by atomic mass is 10.2. The van der Waals surface area contributed by atoms with Crippen LogP contribution in [0, 0.1) is 27.2 Å². The van der Waals surface area contributed by atoms with E-state index in [1.165, 1.54) is 13.0 Å². The third-order valence-corrected chi connectivity index (χ3v) is 4.02. The SMILES string of the molecule is Cc1ccc(S(=O)(=O)N(Cl)[N+](=O)[O-])c([N+](=O)[O-])c1. The zero-order valence-corrected chi connectivity index (χ0v) is 10.4. The summed E-state index contributed by atoms with van der Waals surface area (Å²) >= 11 is 4.98. The van der Waals surface area contributed by atoms with Crippen molar-refractivity contribution in [2.75, 3.05) is 0 Å². The van der Waals surface area contributed by atoms with E-state index in [1.54, 1.807) is 0 Å². The van der Waals surface area contributed by atoms with Crippen LogP contribution in [0.1, 0.15) is 5.56 Å². The molecule has 0 heterocycles. The van der Waals surface area contributed by atoms with Gasteiger partial charge in [0.15, 0.2) is 9.93 Å². The van der Waals surface area contributed by atoms with Crippen LogP contribution in [0.2, 0.25) is 0 Å². The van der Waals surface area contributed by atoms with Gasteiger partial charge in [-0.1, -0.05) is 6.07 Å². The fourth-order valence-electron chi connectivity index (χ4n) is 1.16. The predicted octanol–water partition coefficient (Wildman–Crippen LogP) is 1.24. The van der Waals surface area contributed by atoms with E-state index in [4.69, 9.17) is 11.8 Å². The molecule has 98 valence electrons. The molecule has 0 aliphatic carbocycles. The maximum atomic E-state index is 11.7. The zero-order chi connectivity index (χ0) is 14.1. The molecule has 0 unspecified atom stereocenters. The highest BCUT2D eigenvalue weighted by molar-refractivity contribution is 7.90. The Balaban J connectivity index is 3.51. The van der Waals surface area contributed by atoms with Crippen molar-refractivity contribution in [1.29, 1.82) is 0 Å². The van der Waals surface area contributed by atoms with Gasteiger partial charge in [-0.2, -0.15) is 8.42 Å². The second kappa shape index (κ2) is 4.74. The number of aryl methyl sites for hydroxylation is 1. The van der Waals surface area contributed by atoms with Gasteiger partial charge in [-0.3, -0.25) is 10.1 Å². The van der Waals surface area contributed by atoms with Gasteiger partial charge < -0.3 is 0 Å². The number of benzene rings is 1. The lowest BCUT2D eigenvalue weighted by Gasteiger charge is -2.07. The smallest absolute Gasteiger partial charge is 0.258 e. The summed E-state index contributed by atoms with van der Waals surface area (Å²) in [5.41, 5.74) is -0.342. The molecule has 11 heteroatoms. The molecule has 0 atom stereocenters.